The molecule has 0 rings (SSSR count). The summed E-state index contributed by atoms with van der Waals surface area (Å²) in [5.74, 6) is -0.532. The fraction of sp³-hybridized carbons (Fsp3) is 0.833. The summed E-state index contributed by atoms with van der Waals surface area (Å²) in [7, 11) is 0. The fourth-order valence-electron chi connectivity index (χ4n) is 0.221. The molecule has 11 heavy (non-hydrogen) atoms. The number of aliphatic hydroxyl groups excluding tert-OH is 1. The van der Waals surface area contributed by atoms with Crippen molar-refractivity contribution in [3.8, 4) is 0 Å². The molecule has 0 aliphatic heterocycles. The van der Waals surface area contributed by atoms with Gasteiger partial charge in [0.05, 0.1) is 6.61 Å². The number of carbonyl (C=O) groups excluding carboxylic acids is 1. The van der Waals surface area contributed by atoms with E-state index in [1.165, 1.54) is 0 Å². The Balaban J connectivity index is 0. The molecule has 0 saturated carbocycles. The van der Waals surface area contributed by atoms with Crippen LogP contribution in [0.15, 0.2) is 0 Å². The maximum atomic E-state index is 10.4. The summed E-state index contributed by atoms with van der Waals surface area (Å²) in [5.41, 5.74) is 0. The molecular formula is C6H14O3S2. The highest BCUT2D eigenvalue weighted by atomic mass is 32.2. The number of carbonyl (C=O) groups is 1. The van der Waals surface area contributed by atoms with Crippen molar-refractivity contribution in [3.63, 3.8) is 0 Å². The standard InChI is InChI=1S/C4H8O3S2.C2H6/c5-1-2-7-3(6)4(8)9;1-2/h4-5,8-9H,1-2H2;1-2H3. The normalized spacial score (nSPS) is 8.55. The molecule has 1 N–H and O–H groups in total. The molecule has 68 valence electrons. The van der Waals surface area contributed by atoms with Crippen LogP contribution in [0.2, 0.25) is 0 Å². The van der Waals surface area contributed by atoms with Gasteiger partial charge in [0, 0.05) is 0 Å². The van der Waals surface area contributed by atoms with E-state index in [0.29, 0.717) is 0 Å². The highest BCUT2D eigenvalue weighted by Gasteiger charge is 2.08. The first kappa shape index (κ1) is 13.7. The van der Waals surface area contributed by atoms with Crippen molar-refractivity contribution in [2.75, 3.05) is 13.2 Å². The van der Waals surface area contributed by atoms with Gasteiger partial charge in [-0.2, -0.15) is 25.3 Å². The zero-order valence-electron chi connectivity index (χ0n) is 6.65. The lowest BCUT2D eigenvalue weighted by Crippen LogP contribution is -2.14. The zero-order valence-corrected chi connectivity index (χ0v) is 8.44. The van der Waals surface area contributed by atoms with Crippen molar-refractivity contribution < 1.29 is 14.6 Å². The molecule has 0 bridgehead atoms. The smallest absolute Gasteiger partial charge is 0.328 e. The Hall–Kier alpha value is 0.130. The maximum Gasteiger partial charge on any atom is 0.328 e. The van der Waals surface area contributed by atoms with Gasteiger partial charge >= 0.3 is 5.97 Å². The van der Waals surface area contributed by atoms with E-state index in [9.17, 15) is 4.79 Å². The Bertz CT molecular complexity index is 95.8. The molecule has 0 atom stereocenters. The van der Waals surface area contributed by atoms with Gasteiger partial charge in [0.1, 0.15) is 11.2 Å². The lowest BCUT2D eigenvalue weighted by Gasteiger charge is -2.02. The SMILES string of the molecule is CC.O=C(OCCO)C(S)S. The van der Waals surface area contributed by atoms with Crippen LogP contribution in [-0.2, 0) is 9.53 Å². The van der Waals surface area contributed by atoms with E-state index in [1.807, 2.05) is 13.8 Å². The summed E-state index contributed by atoms with van der Waals surface area (Å²) in [5, 5.41) is 8.17. The number of rotatable bonds is 3. The number of esters is 1. The molecule has 3 nitrogen and oxygen atoms in total. The monoisotopic (exact) mass is 198 g/mol. The Morgan fingerprint density at radius 1 is 1.55 bits per heavy atom. The van der Waals surface area contributed by atoms with Gasteiger partial charge in [-0.3, -0.25) is 0 Å². The Morgan fingerprint density at radius 3 is 2.27 bits per heavy atom. The van der Waals surface area contributed by atoms with Crippen LogP contribution >= 0.6 is 25.3 Å². The minimum absolute atomic E-state index is 0.0104. The maximum absolute atomic E-state index is 10.4. The second-order valence-corrected chi connectivity index (χ2v) is 2.70. The molecule has 0 spiro atoms. The summed E-state index contributed by atoms with van der Waals surface area (Å²) in [6.07, 6.45) is 0. The predicted octanol–water partition coefficient (Wildman–Crippen LogP) is 0.734. The molecule has 5 heteroatoms. The molecule has 0 aromatic rings. The van der Waals surface area contributed by atoms with Crippen molar-refractivity contribution in [2.45, 2.75) is 18.4 Å². The van der Waals surface area contributed by atoms with Crippen LogP contribution in [0.25, 0.3) is 0 Å². The topological polar surface area (TPSA) is 46.5 Å². The largest absolute Gasteiger partial charge is 0.462 e. The first-order valence-electron chi connectivity index (χ1n) is 3.32. The van der Waals surface area contributed by atoms with Crippen LogP contribution in [0.4, 0.5) is 0 Å². The lowest BCUT2D eigenvalue weighted by atomic mass is 10.7. The van der Waals surface area contributed by atoms with Crippen LogP contribution < -0.4 is 0 Å². The third-order valence-electron chi connectivity index (χ3n) is 0.546. The fourth-order valence-corrected chi connectivity index (χ4v) is 0.370. The highest BCUT2D eigenvalue weighted by molar-refractivity contribution is 8.00. The van der Waals surface area contributed by atoms with Gasteiger partial charge in [0.25, 0.3) is 0 Å². The van der Waals surface area contributed by atoms with Crippen molar-refractivity contribution in [1.82, 2.24) is 0 Å². The number of aliphatic hydroxyl groups is 1. The molecule has 0 aromatic heterocycles. The molecule has 0 radical (unpaired) electrons. The summed E-state index contributed by atoms with van der Waals surface area (Å²) in [4.78, 5) is 10.4. The average molecular weight is 198 g/mol. The van der Waals surface area contributed by atoms with Crippen molar-refractivity contribution in [2.24, 2.45) is 0 Å². The third kappa shape index (κ3) is 10.1. The number of thiol groups is 2. The Kier molecular flexibility index (Phi) is 12.6. The summed E-state index contributed by atoms with van der Waals surface area (Å²) in [6.45, 7) is 3.84. The molecule has 0 aliphatic rings. The first-order chi connectivity index (χ1) is 5.18. The van der Waals surface area contributed by atoms with Gasteiger partial charge in [-0.15, -0.1) is 0 Å². The number of hydrogen-bond acceptors (Lipinski definition) is 5. The molecule has 0 heterocycles. The minimum atomic E-state index is -0.712. The van der Waals surface area contributed by atoms with Gasteiger partial charge in [0.15, 0.2) is 0 Å². The molecule has 0 saturated heterocycles. The van der Waals surface area contributed by atoms with E-state index in [-0.39, 0.29) is 13.2 Å². The predicted molar refractivity (Wildman–Crippen MR) is 51.2 cm³/mol. The van der Waals surface area contributed by atoms with Gasteiger partial charge < -0.3 is 9.84 Å². The second-order valence-electron chi connectivity index (χ2n) is 1.26. The highest BCUT2D eigenvalue weighted by Crippen LogP contribution is 2.01. The van der Waals surface area contributed by atoms with Gasteiger partial charge in [0.2, 0.25) is 0 Å². The minimum Gasteiger partial charge on any atom is -0.462 e. The summed E-state index contributed by atoms with van der Waals surface area (Å²) < 4.78 is 3.70. The zero-order chi connectivity index (χ0) is 9.28. The lowest BCUT2D eigenvalue weighted by molar-refractivity contribution is -0.142. The Labute approximate surface area is 77.9 Å². The van der Waals surface area contributed by atoms with Crippen LogP contribution in [0.5, 0.6) is 0 Å². The molecule has 0 unspecified atom stereocenters. The van der Waals surface area contributed by atoms with Gasteiger partial charge in [-0.05, 0) is 0 Å². The molecule has 0 aromatic carbocycles. The van der Waals surface area contributed by atoms with Crippen molar-refractivity contribution in [3.05, 3.63) is 0 Å². The second kappa shape index (κ2) is 10.1. The van der Waals surface area contributed by atoms with E-state index < -0.39 is 10.6 Å². The van der Waals surface area contributed by atoms with Gasteiger partial charge in [-0.25, -0.2) is 4.79 Å². The quantitative estimate of drug-likeness (QED) is 0.356. The average Bonchev–Trinajstić information content (AvgIpc) is 2.03. The third-order valence-corrected chi connectivity index (χ3v) is 0.968. The number of ether oxygens (including phenoxy) is 1. The van der Waals surface area contributed by atoms with Crippen molar-refractivity contribution in [1.29, 1.82) is 0 Å². The van der Waals surface area contributed by atoms with E-state index in [2.05, 4.69) is 30.0 Å². The van der Waals surface area contributed by atoms with E-state index in [1.54, 1.807) is 0 Å². The van der Waals surface area contributed by atoms with E-state index in [0.717, 1.165) is 0 Å². The van der Waals surface area contributed by atoms with Crippen LogP contribution in [0.3, 0.4) is 0 Å². The Morgan fingerprint density at radius 2 is 2.00 bits per heavy atom. The first-order valence-corrected chi connectivity index (χ1v) is 4.35. The van der Waals surface area contributed by atoms with Crippen LogP contribution in [0, 0.1) is 0 Å². The van der Waals surface area contributed by atoms with Crippen molar-refractivity contribution >= 4 is 31.2 Å². The van der Waals surface area contributed by atoms with E-state index in [4.69, 9.17) is 5.11 Å². The summed E-state index contributed by atoms with van der Waals surface area (Å²) >= 11 is 7.35. The van der Waals surface area contributed by atoms with Crippen LogP contribution in [0.1, 0.15) is 13.8 Å². The van der Waals surface area contributed by atoms with Gasteiger partial charge in [-0.1, -0.05) is 13.8 Å². The summed E-state index contributed by atoms with van der Waals surface area (Å²) in [6, 6.07) is 0. The molecule has 0 amide bonds. The molecular weight excluding hydrogens is 184 g/mol. The molecule has 0 aliphatic carbocycles. The molecule has 0 fully saturated rings. The number of hydrogen-bond donors (Lipinski definition) is 3. The van der Waals surface area contributed by atoms with Crippen LogP contribution in [-0.4, -0.2) is 28.9 Å². The van der Waals surface area contributed by atoms with E-state index >= 15 is 0 Å².